The van der Waals surface area contributed by atoms with E-state index in [1.807, 2.05) is 56.4 Å². The Balaban J connectivity index is 1.66. The number of aromatic nitrogens is 4. The number of anilines is 2. The van der Waals surface area contributed by atoms with Crippen molar-refractivity contribution < 1.29 is 0 Å². The van der Waals surface area contributed by atoms with Gasteiger partial charge in [0.15, 0.2) is 0 Å². The van der Waals surface area contributed by atoms with E-state index in [4.69, 9.17) is 11.6 Å². The summed E-state index contributed by atoms with van der Waals surface area (Å²) in [6.07, 6.45) is 1.54. The molecule has 0 atom stereocenters. The number of imidazole rings is 1. The Kier molecular flexibility index (Phi) is 3.86. The molecule has 0 bridgehead atoms. The van der Waals surface area contributed by atoms with E-state index in [0.717, 1.165) is 39.6 Å². The molecule has 0 aliphatic heterocycles. The molecule has 25 heavy (non-hydrogen) atoms. The third kappa shape index (κ3) is 3.06. The molecule has 2 aromatic carbocycles. The Morgan fingerprint density at radius 2 is 1.92 bits per heavy atom. The van der Waals surface area contributed by atoms with Crippen LogP contribution in [0, 0.1) is 6.92 Å². The first-order valence-corrected chi connectivity index (χ1v) is 8.26. The van der Waals surface area contributed by atoms with Gasteiger partial charge in [-0.05, 0) is 37.3 Å². The van der Waals surface area contributed by atoms with Crippen molar-refractivity contribution in [2.45, 2.75) is 6.92 Å². The van der Waals surface area contributed by atoms with E-state index >= 15 is 0 Å². The van der Waals surface area contributed by atoms with Crippen LogP contribution in [-0.2, 0) is 7.05 Å². The molecular formula is C19H16ClN5. The van der Waals surface area contributed by atoms with E-state index in [1.165, 1.54) is 0 Å². The van der Waals surface area contributed by atoms with Gasteiger partial charge in [-0.1, -0.05) is 23.7 Å². The van der Waals surface area contributed by atoms with Crippen LogP contribution >= 0.6 is 11.6 Å². The van der Waals surface area contributed by atoms with Gasteiger partial charge in [0, 0.05) is 29.4 Å². The summed E-state index contributed by atoms with van der Waals surface area (Å²) in [4.78, 5) is 13.2. The molecule has 4 rings (SSSR count). The highest BCUT2D eigenvalue weighted by Crippen LogP contribution is 2.25. The molecule has 4 aromatic rings. The molecule has 1 N–H and O–H groups in total. The van der Waals surface area contributed by atoms with Crippen molar-refractivity contribution in [3.05, 3.63) is 65.7 Å². The molecule has 5 nitrogen and oxygen atoms in total. The molecular weight excluding hydrogens is 334 g/mol. The lowest BCUT2D eigenvalue weighted by molar-refractivity contribution is 0.886. The van der Waals surface area contributed by atoms with Crippen molar-refractivity contribution in [3.8, 4) is 11.3 Å². The van der Waals surface area contributed by atoms with Gasteiger partial charge in [0.1, 0.15) is 18.0 Å². The zero-order valence-electron chi connectivity index (χ0n) is 13.9. The second-order valence-corrected chi connectivity index (χ2v) is 6.28. The average molecular weight is 350 g/mol. The van der Waals surface area contributed by atoms with Gasteiger partial charge in [-0.3, -0.25) is 0 Å². The lowest BCUT2D eigenvalue weighted by Crippen LogP contribution is -1.96. The van der Waals surface area contributed by atoms with E-state index in [1.54, 1.807) is 6.33 Å². The van der Waals surface area contributed by atoms with Gasteiger partial charge < -0.3 is 9.88 Å². The molecule has 0 saturated carbocycles. The van der Waals surface area contributed by atoms with Crippen LogP contribution in [0.5, 0.6) is 0 Å². The fourth-order valence-corrected chi connectivity index (χ4v) is 2.97. The van der Waals surface area contributed by atoms with Crippen molar-refractivity contribution in [1.29, 1.82) is 0 Å². The van der Waals surface area contributed by atoms with Gasteiger partial charge in [-0.2, -0.15) is 0 Å². The van der Waals surface area contributed by atoms with E-state index < -0.39 is 0 Å². The largest absolute Gasteiger partial charge is 0.340 e. The van der Waals surface area contributed by atoms with Crippen LogP contribution in [0.4, 0.5) is 11.5 Å². The van der Waals surface area contributed by atoms with Crippen LogP contribution in [-0.4, -0.2) is 19.5 Å². The van der Waals surface area contributed by atoms with Gasteiger partial charge in [0.05, 0.1) is 16.7 Å². The molecule has 0 amide bonds. The first kappa shape index (κ1) is 15.6. The number of halogens is 1. The Morgan fingerprint density at radius 1 is 1.04 bits per heavy atom. The maximum absolute atomic E-state index is 6.07. The summed E-state index contributed by atoms with van der Waals surface area (Å²) in [5.41, 5.74) is 4.75. The highest BCUT2D eigenvalue weighted by atomic mass is 35.5. The third-order valence-electron chi connectivity index (χ3n) is 4.16. The number of nitrogens with one attached hydrogen (secondary N) is 1. The summed E-state index contributed by atoms with van der Waals surface area (Å²) < 4.78 is 2.07. The molecule has 2 heterocycles. The molecule has 0 spiro atoms. The Morgan fingerprint density at radius 3 is 2.76 bits per heavy atom. The molecule has 0 radical (unpaired) electrons. The summed E-state index contributed by atoms with van der Waals surface area (Å²) >= 11 is 6.07. The SMILES string of the molecule is Cc1nc2cc(Nc3cc(-c4cccc(Cl)c4)ncn3)ccc2n1C. The van der Waals surface area contributed by atoms with Crippen LogP contribution in [0.1, 0.15) is 5.82 Å². The number of benzene rings is 2. The quantitative estimate of drug-likeness (QED) is 0.580. The van der Waals surface area contributed by atoms with Crippen LogP contribution in [0.2, 0.25) is 5.02 Å². The minimum atomic E-state index is 0.682. The maximum atomic E-state index is 6.07. The van der Waals surface area contributed by atoms with Crippen LogP contribution in [0.15, 0.2) is 54.9 Å². The minimum absolute atomic E-state index is 0.682. The number of rotatable bonds is 3. The van der Waals surface area contributed by atoms with Gasteiger partial charge in [-0.25, -0.2) is 15.0 Å². The molecule has 0 saturated heterocycles. The summed E-state index contributed by atoms with van der Waals surface area (Å²) in [6, 6.07) is 15.6. The van der Waals surface area contributed by atoms with Crippen molar-refractivity contribution in [2.24, 2.45) is 7.05 Å². The fraction of sp³-hybridized carbons (Fsp3) is 0.105. The van der Waals surface area contributed by atoms with E-state index in [0.29, 0.717) is 5.02 Å². The van der Waals surface area contributed by atoms with Gasteiger partial charge >= 0.3 is 0 Å². The average Bonchev–Trinajstić information content (AvgIpc) is 2.89. The number of hydrogen-bond donors (Lipinski definition) is 1. The Labute approximate surface area is 150 Å². The molecule has 124 valence electrons. The first-order valence-electron chi connectivity index (χ1n) is 7.88. The third-order valence-corrected chi connectivity index (χ3v) is 4.40. The van der Waals surface area contributed by atoms with Crippen molar-refractivity contribution in [2.75, 3.05) is 5.32 Å². The molecule has 2 aromatic heterocycles. The second-order valence-electron chi connectivity index (χ2n) is 5.85. The topological polar surface area (TPSA) is 55.6 Å². The van der Waals surface area contributed by atoms with Crippen LogP contribution in [0.3, 0.4) is 0 Å². The summed E-state index contributed by atoms with van der Waals surface area (Å²) in [7, 11) is 2.01. The standard InChI is InChI=1S/C19H16ClN5/c1-12-23-17-9-15(6-7-18(17)25(12)2)24-19-10-16(21-11-22-19)13-4-3-5-14(20)8-13/h3-11H,1-2H3,(H,21,22,24). The summed E-state index contributed by atoms with van der Waals surface area (Å²) in [5, 5.41) is 4.00. The number of hydrogen-bond acceptors (Lipinski definition) is 4. The second kappa shape index (κ2) is 6.18. The molecule has 0 aliphatic rings. The minimum Gasteiger partial charge on any atom is -0.340 e. The maximum Gasteiger partial charge on any atom is 0.134 e. The summed E-state index contributed by atoms with van der Waals surface area (Å²) in [5.74, 6) is 1.70. The smallest absolute Gasteiger partial charge is 0.134 e. The zero-order chi connectivity index (χ0) is 17.4. The van der Waals surface area contributed by atoms with Gasteiger partial charge in [0.2, 0.25) is 0 Å². The van der Waals surface area contributed by atoms with Crippen molar-refractivity contribution in [3.63, 3.8) is 0 Å². The lowest BCUT2D eigenvalue weighted by atomic mass is 10.1. The monoisotopic (exact) mass is 349 g/mol. The Hall–Kier alpha value is -2.92. The molecule has 0 aliphatic carbocycles. The summed E-state index contributed by atoms with van der Waals surface area (Å²) in [6.45, 7) is 1.99. The first-order chi connectivity index (χ1) is 12.1. The highest BCUT2D eigenvalue weighted by Gasteiger charge is 2.07. The van der Waals surface area contributed by atoms with Crippen molar-refractivity contribution >= 4 is 34.1 Å². The van der Waals surface area contributed by atoms with Crippen LogP contribution < -0.4 is 5.32 Å². The number of fused-ring (bicyclic) bond motifs is 1. The molecule has 0 unspecified atom stereocenters. The predicted molar refractivity (Wildman–Crippen MR) is 101 cm³/mol. The fourth-order valence-electron chi connectivity index (χ4n) is 2.78. The highest BCUT2D eigenvalue weighted by molar-refractivity contribution is 6.30. The van der Waals surface area contributed by atoms with Crippen molar-refractivity contribution in [1.82, 2.24) is 19.5 Å². The number of nitrogens with zero attached hydrogens (tertiary/aromatic N) is 4. The van der Waals surface area contributed by atoms with E-state index in [-0.39, 0.29) is 0 Å². The number of aryl methyl sites for hydroxylation is 2. The van der Waals surface area contributed by atoms with Gasteiger partial charge in [-0.15, -0.1) is 0 Å². The van der Waals surface area contributed by atoms with E-state index in [9.17, 15) is 0 Å². The molecule has 6 heteroatoms. The normalized spacial score (nSPS) is 11.0. The lowest BCUT2D eigenvalue weighted by Gasteiger charge is -2.07. The van der Waals surface area contributed by atoms with Gasteiger partial charge in [0.25, 0.3) is 0 Å². The van der Waals surface area contributed by atoms with E-state index in [2.05, 4.69) is 30.9 Å². The van der Waals surface area contributed by atoms with Crippen LogP contribution in [0.25, 0.3) is 22.3 Å². The predicted octanol–water partition coefficient (Wildman–Crippen LogP) is 4.74. The molecule has 0 fully saturated rings. The zero-order valence-corrected chi connectivity index (χ0v) is 14.6. The Bertz CT molecular complexity index is 1070.